The number of hydrogen-bond donors (Lipinski definition) is 0. The van der Waals surface area contributed by atoms with Crippen molar-refractivity contribution in [2.24, 2.45) is 46.3 Å². The zero-order chi connectivity index (χ0) is 30.9. The van der Waals surface area contributed by atoms with E-state index in [-0.39, 0.29) is 12.1 Å². The van der Waals surface area contributed by atoms with Gasteiger partial charge in [0.15, 0.2) is 0 Å². The summed E-state index contributed by atoms with van der Waals surface area (Å²) < 4.78 is 6.11. The standard InChI is InChI=1S/C41H72O2/c1-7-8-9-10-11-12-13-14-15-16-17-21-39(42)43-34-26-28-40(5)33(30-34)22-23-35-37-25-24-36(32(4)20-18-19-31(2)3)41(37,6)29-27-38(35)40/h22,31-32,34-38H,7-21,23-30H2,1-6H3/t32-,34-,35+,36-,37+,38+,40-,41+/m0/s1. The summed E-state index contributed by atoms with van der Waals surface area (Å²) in [6.07, 6.45) is 32.5. The summed E-state index contributed by atoms with van der Waals surface area (Å²) in [7, 11) is 0. The molecule has 3 fully saturated rings. The van der Waals surface area contributed by atoms with Crippen molar-refractivity contribution >= 4 is 5.97 Å². The summed E-state index contributed by atoms with van der Waals surface area (Å²) in [6, 6.07) is 0. The Kier molecular flexibility index (Phi) is 13.6. The number of ether oxygens (including phenoxy) is 1. The Morgan fingerprint density at radius 2 is 1.49 bits per heavy atom. The molecule has 0 radical (unpaired) electrons. The van der Waals surface area contributed by atoms with Gasteiger partial charge in [-0.2, -0.15) is 0 Å². The van der Waals surface area contributed by atoms with Gasteiger partial charge in [0.1, 0.15) is 6.10 Å². The topological polar surface area (TPSA) is 26.3 Å². The van der Waals surface area contributed by atoms with Crippen molar-refractivity contribution in [1.29, 1.82) is 0 Å². The van der Waals surface area contributed by atoms with Gasteiger partial charge in [-0.3, -0.25) is 4.79 Å². The van der Waals surface area contributed by atoms with Gasteiger partial charge in [0.25, 0.3) is 0 Å². The van der Waals surface area contributed by atoms with Gasteiger partial charge < -0.3 is 4.74 Å². The third kappa shape index (κ3) is 8.93. The third-order valence-corrected chi connectivity index (χ3v) is 13.5. The molecule has 0 amide bonds. The van der Waals surface area contributed by atoms with Crippen molar-refractivity contribution in [3.63, 3.8) is 0 Å². The van der Waals surface area contributed by atoms with Crippen molar-refractivity contribution in [3.05, 3.63) is 11.6 Å². The molecular formula is C41H72O2. The SMILES string of the molecule is CCCCCCCCCCCCCC(=O)O[C@H]1CC[C@@]2(C)C(=CC[C@@H]3[C@H]4CC[C@@H]([C@@H](C)CCCC(C)C)[C@@]4(C)CC[C@H]32)C1. The molecule has 0 saturated heterocycles. The van der Waals surface area contributed by atoms with E-state index < -0.39 is 0 Å². The highest BCUT2D eigenvalue weighted by Gasteiger charge is 2.59. The van der Waals surface area contributed by atoms with Crippen LogP contribution in [0.2, 0.25) is 0 Å². The van der Waals surface area contributed by atoms with Gasteiger partial charge in [0.05, 0.1) is 0 Å². The number of rotatable bonds is 18. The number of fused-ring (bicyclic) bond motifs is 5. The maximum Gasteiger partial charge on any atom is 0.306 e. The van der Waals surface area contributed by atoms with E-state index >= 15 is 0 Å². The molecular weight excluding hydrogens is 524 g/mol. The molecule has 0 spiro atoms. The van der Waals surface area contributed by atoms with Gasteiger partial charge in [0.2, 0.25) is 0 Å². The lowest BCUT2D eigenvalue weighted by Gasteiger charge is -2.58. The molecule has 4 aliphatic carbocycles. The molecule has 3 saturated carbocycles. The Balaban J connectivity index is 1.19. The summed E-state index contributed by atoms with van der Waals surface area (Å²) in [4.78, 5) is 12.7. The monoisotopic (exact) mass is 597 g/mol. The largest absolute Gasteiger partial charge is 0.462 e. The molecule has 4 rings (SSSR count). The van der Waals surface area contributed by atoms with Crippen LogP contribution in [0.1, 0.15) is 189 Å². The molecule has 2 heteroatoms. The maximum absolute atomic E-state index is 12.7. The first-order chi connectivity index (χ1) is 20.7. The van der Waals surface area contributed by atoms with Gasteiger partial charge in [-0.25, -0.2) is 0 Å². The molecule has 0 bridgehead atoms. The fourth-order valence-corrected chi connectivity index (χ4v) is 10.9. The Labute approximate surface area is 268 Å². The van der Waals surface area contributed by atoms with Gasteiger partial charge in [0, 0.05) is 12.8 Å². The quantitative estimate of drug-likeness (QED) is 0.0893. The number of unbranched alkanes of at least 4 members (excludes halogenated alkanes) is 10. The Morgan fingerprint density at radius 3 is 2.16 bits per heavy atom. The van der Waals surface area contributed by atoms with Crippen LogP contribution in [0.25, 0.3) is 0 Å². The number of carbonyl (C=O) groups is 1. The highest BCUT2D eigenvalue weighted by Crippen LogP contribution is 2.67. The lowest BCUT2D eigenvalue weighted by Crippen LogP contribution is -2.51. The van der Waals surface area contributed by atoms with Crippen LogP contribution in [-0.2, 0) is 9.53 Å². The molecule has 2 nitrogen and oxygen atoms in total. The van der Waals surface area contributed by atoms with E-state index in [1.807, 2.05) is 0 Å². The highest BCUT2D eigenvalue weighted by molar-refractivity contribution is 5.69. The summed E-state index contributed by atoms with van der Waals surface area (Å²) in [5.41, 5.74) is 2.54. The fraction of sp³-hybridized carbons (Fsp3) is 0.927. The molecule has 248 valence electrons. The first kappa shape index (κ1) is 35.1. The Hall–Kier alpha value is -0.790. The molecule has 0 unspecified atom stereocenters. The number of allylic oxidation sites excluding steroid dienone is 1. The van der Waals surface area contributed by atoms with E-state index in [1.54, 1.807) is 5.57 Å². The normalized spacial score (nSPS) is 34.3. The number of carbonyl (C=O) groups excluding carboxylic acids is 1. The minimum Gasteiger partial charge on any atom is -0.462 e. The van der Waals surface area contributed by atoms with E-state index in [9.17, 15) is 4.79 Å². The molecule has 0 aliphatic heterocycles. The number of hydrogen-bond acceptors (Lipinski definition) is 2. The van der Waals surface area contributed by atoms with Crippen LogP contribution >= 0.6 is 0 Å². The Bertz CT molecular complexity index is 873. The number of esters is 1. The Morgan fingerprint density at radius 1 is 0.814 bits per heavy atom. The third-order valence-electron chi connectivity index (χ3n) is 13.5. The molecule has 0 aromatic rings. The van der Waals surface area contributed by atoms with Crippen LogP contribution in [-0.4, -0.2) is 12.1 Å². The molecule has 43 heavy (non-hydrogen) atoms. The first-order valence-electron chi connectivity index (χ1n) is 19.6. The molecule has 0 heterocycles. The van der Waals surface area contributed by atoms with Crippen molar-refractivity contribution < 1.29 is 9.53 Å². The fourth-order valence-electron chi connectivity index (χ4n) is 10.9. The van der Waals surface area contributed by atoms with E-state index in [4.69, 9.17) is 4.74 Å². The predicted octanol–water partition coefficient (Wildman–Crippen LogP) is 12.6. The zero-order valence-corrected chi connectivity index (χ0v) is 29.7. The second-order valence-corrected chi connectivity index (χ2v) is 16.9. The van der Waals surface area contributed by atoms with E-state index in [1.165, 1.54) is 122 Å². The van der Waals surface area contributed by atoms with Crippen molar-refractivity contribution in [1.82, 2.24) is 0 Å². The van der Waals surface area contributed by atoms with Gasteiger partial charge in [-0.05, 0) is 97.7 Å². The predicted molar refractivity (Wildman–Crippen MR) is 184 cm³/mol. The van der Waals surface area contributed by atoms with E-state index in [2.05, 4.69) is 47.6 Å². The van der Waals surface area contributed by atoms with Gasteiger partial charge in [-0.1, -0.05) is 137 Å². The van der Waals surface area contributed by atoms with Crippen LogP contribution in [0.5, 0.6) is 0 Å². The van der Waals surface area contributed by atoms with Crippen molar-refractivity contribution in [2.75, 3.05) is 0 Å². The minimum absolute atomic E-state index is 0.0618. The van der Waals surface area contributed by atoms with E-state index in [0.717, 1.165) is 54.8 Å². The minimum atomic E-state index is 0.0618. The molecule has 8 atom stereocenters. The highest BCUT2D eigenvalue weighted by atomic mass is 16.5. The molecule has 4 aliphatic rings. The lowest BCUT2D eigenvalue weighted by molar-refractivity contribution is -0.151. The molecule has 0 aromatic heterocycles. The van der Waals surface area contributed by atoms with Crippen LogP contribution in [0, 0.1) is 46.3 Å². The van der Waals surface area contributed by atoms with E-state index in [0.29, 0.717) is 17.3 Å². The van der Waals surface area contributed by atoms with Crippen LogP contribution < -0.4 is 0 Å². The molecule has 0 aromatic carbocycles. The van der Waals surface area contributed by atoms with Gasteiger partial charge in [-0.15, -0.1) is 0 Å². The molecule has 0 N–H and O–H groups in total. The maximum atomic E-state index is 12.7. The van der Waals surface area contributed by atoms with Crippen molar-refractivity contribution in [2.45, 2.75) is 195 Å². The lowest BCUT2D eigenvalue weighted by atomic mass is 9.47. The second-order valence-electron chi connectivity index (χ2n) is 16.9. The van der Waals surface area contributed by atoms with Crippen LogP contribution in [0.15, 0.2) is 11.6 Å². The zero-order valence-electron chi connectivity index (χ0n) is 29.7. The van der Waals surface area contributed by atoms with Crippen LogP contribution in [0.3, 0.4) is 0 Å². The average molecular weight is 597 g/mol. The summed E-state index contributed by atoms with van der Waals surface area (Å²) in [6.45, 7) is 14.9. The van der Waals surface area contributed by atoms with Crippen LogP contribution in [0.4, 0.5) is 0 Å². The van der Waals surface area contributed by atoms with Crippen molar-refractivity contribution in [3.8, 4) is 0 Å². The first-order valence-corrected chi connectivity index (χ1v) is 19.6. The second kappa shape index (κ2) is 16.7. The average Bonchev–Trinajstić information content (AvgIpc) is 3.33. The summed E-state index contributed by atoms with van der Waals surface area (Å²) >= 11 is 0. The van der Waals surface area contributed by atoms with Gasteiger partial charge >= 0.3 is 5.97 Å². The summed E-state index contributed by atoms with van der Waals surface area (Å²) in [5.74, 6) is 5.34. The smallest absolute Gasteiger partial charge is 0.306 e. The summed E-state index contributed by atoms with van der Waals surface area (Å²) in [5, 5.41) is 0.